The number of aromatic nitrogens is 2. The fourth-order valence-corrected chi connectivity index (χ4v) is 2.17. The molecule has 1 aromatic heterocycles. The van der Waals surface area contributed by atoms with Crippen LogP contribution < -0.4 is 9.47 Å². The van der Waals surface area contributed by atoms with Gasteiger partial charge in [0.2, 0.25) is 0 Å². The minimum absolute atomic E-state index is 0.118. The Bertz CT molecular complexity index is 651. The minimum atomic E-state index is -0.118. The van der Waals surface area contributed by atoms with Gasteiger partial charge in [0.1, 0.15) is 5.15 Å². The third-order valence-corrected chi connectivity index (χ3v) is 3.30. The molecule has 5 heteroatoms. The molecule has 0 fully saturated rings. The Labute approximate surface area is 130 Å². The average Bonchev–Trinajstić information content (AvgIpc) is 2.44. The molecule has 0 saturated heterocycles. The monoisotopic (exact) mass is 306 g/mol. The van der Waals surface area contributed by atoms with Crippen LogP contribution in [0.2, 0.25) is 5.15 Å². The number of nitrogens with zero attached hydrogens (tertiary/aromatic N) is 2. The lowest BCUT2D eigenvalue weighted by Crippen LogP contribution is -2.14. The van der Waals surface area contributed by atoms with Crippen LogP contribution in [0.4, 0.5) is 0 Å². The summed E-state index contributed by atoms with van der Waals surface area (Å²) < 4.78 is 10.8. The van der Waals surface area contributed by atoms with E-state index in [1.165, 1.54) is 0 Å². The average molecular weight is 307 g/mol. The van der Waals surface area contributed by atoms with Crippen molar-refractivity contribution in [2.45, 2.75) is 26.2 Å². The first kappa shape index (κ1) is 15.6. The standard InChI is InChI=1S/C16H19ClN2O2/c1-16(2,3)12-9-13(17)19-15(18-12)10-7-6-8-11(20-4)14(10)21-5/h6-9H,1-5H3. The molecule has 21 heavy (non-hydrogen) atoms. The summed E-state index contributed by atoms with van der Waals surface area (Å²) in [5.74, 6) is 1.76. The van der Waals surface area contributed by atoms with Gasteiger partial charge >= 0.3 is 0 Å². The van der Waals surface area contributed by atoms with Gasteiger partial charge in [0, 0.05) is 5.41 Å². The Hall–Kier alpha value is -1.81. The van der Waals surface area contributed by atoms with Gasteiger partial charge in [0.05, 0.1) is 25.5 Å². The normalized spacial score (nSPS) is 11.3. The van der Waals surface area contributed by atoms with Crippen LogP contribution in [-0.2, 0) is 5.41 Å². The quantitative estimate of drug-likeness (QED) is 0.800. The maximum Gasteiger partial charge on any atom is 0.171 e. The van der Waals surface area contributed by atoms with Crippen molar-refractivity contribution in [3.63, 3.8) is 0 Å². The van der Waals surface area contributed by atoms with E-state index in [2.05, 4.69) is 30.7 Å². The van der Waals surface area contributed by atoms with Crippen molar-refractivity contribution in [1.82, 2.24) is 9.97 Å². The zero-order valence-electron chi connectivity index (χ0n) is 12.9. The van der Waals surface area contributed by atoms with E-state index < -0.39 is 0 Å². The summed E-state index contributed by atoms with van der Waals surface area (Å²) in [5.41, 5.74) is 1.51. The van der Waals surface area contributed by atoms with E-state index in [0.29, 0.717) is 22.5 Å². The first-order chi connectivity index (χ1) is 9.86. The van der Waals surface area contributed by atoms with E-state index in [-0.39, 0.29) is 5.41 Å². The van der Waals surface area contributed by atoms with Crippen molar-refractivity contribution in [2.24, 2.45) is 0 Å². The first-order valence-electron chi connectivity index (χ1n) is 6.63. The second-order valence-corrected chi connectivity index (χ2v) is 6.08. The molecule has 0 amide bonds. The van der Waals surface area contributed by atoms with Crippen LogP contribution in [0, 0.1) is 0 Å². The van der Waals surface area contributed by atoms with Crippen LogP contribution in [0.15, 0.2) is 24.3 Å². The lowest BCUT2D eigenvalue weighted by atomic mass is 9.92. The molecule has 0 spiro atoms. The van der Waals surface area contributed by atoms with E-state index in [4.69, 9.17) is 21.1 Å². The second-order valence-electron chi connectivity index (χ2n) is 5.69. The highest BCUT2D eigenvalue weighted by atomic mass is 35.5. The van der Waals surface area contributed by atoms with E-state index in [9.17, 15) is 0 Å². The number of rotatable bonds is 3. The molecule has 2 rings (SSSR count). The van der Waals surface area contributed by atoms with Gasteiger partial charge in [-0.2, -0.15) is 0 Å². The molecule has 0 saturated carbocycles. The third kappa shape index (κ3) is 3.27. The minimum Gasteiger partial charge on any atom is -0.493 e. The highest BCUT2D eigenvalue weighted by Crippen LogP contribution is 2.37. The first-order valence-corrected chi connectivity index (χ1v) is 7.01. The van der Waals surface area contributed by atoms with Gasteiger partial charge in [-0.05, 0) is 18.2 Å². The van der Waals surface area contributed by atoms with E-state index in [1.54, 1.807) is 20.3 Å². The van der Waals surface area contributed by atoms with E-state index in [1.807, 2.05) is 18.2 Å². The Morgan fingerprint density at radius 1 is 1.05 bits per heavy atom. The molecule has 0 atom stereocenters. The highest BCUT2D eigenvalue weighted by Gasteiger charge is 2.20. The summed E-state index contributed by atoms with van der Waals surface area (Å²) in [5, 5.41) is 0.412. The number of ether oxygens (including phenoxy) is 2. The third-order valence-electron chi connectivity index (χ3n) is 3.11. The fourth-order valence-electron chi connectivity index (χ4n) is 1.99. The molecule has 0 aliphatic carbocycles. The van der Waals surface area contributed by atoms with Crippen LogP contribution in [0.3, 0.4) is 0 Å². The largest absolute Gasteiger partial charge is 0.493 e. The van der Waals surface area contributed by atoms with Crippen molar-refractivity contribution in [3.05, 3.63) is 35.1 Å². The Morgan fingerprint density at radius 2 is 1.76 bits per heavy atom. The van der Waals surface area contributed by atoms with Crippen molar-refractivity contribution in [3.8, 4) is 22.9 Å². The predicted molar refractivity (Wildman–Crippen MR) is 84.3 cm³/mol. The summed E-state index contributed by atoms with van der Waals surface area (Å²) in [6.07, 6.45) is 0. The Kier molecular flexibility index (Phi) is 4.37. The van der Waals surface area contributed by atoms with Gasteiger partial charge < -0.3 is 9.47 Å². The SMILES string of the molecule is COc1cccc(-c2nc(Cl)cc(C(C)(C)C)n2)c1OC. The summed E-state index contributed by atoms with van der Waals surface area (Å²) >= 11 is 6.15. The molecule has 0 aliphatic heterocycles. The molecular formula is C16H19ClN2O2. The maximum atomic E-state index is 6.15. The topological polar surface area (TPSA) is 44.2 Å². The van der Waals surface area contributed by atoms with Crippen molar-refractivity contribution in [1.29, 1.82) is 0 Å². The lowest BCUT2D eigenvalue weighted by Gasteiger charge is -2.19. The van der Waals surface area contributed by atoms with Crippen LogP contribution in [0.1, 0.15) is 26.5 Å². The summed E-state index contributed by atoms with van der Waals surface area (Å²) in [7, 11) is 3.19. The van der Waals surface area contributed by atoms with Gasteiger partial charge in [-0.15, -0.1) is 0 Å². The number of hydrogen-bond acceptors (Lipinski definition) is 4. The van der Waals surface area contributed by atoms with Crippen LogP contribution in [0.25, 0.3) is 11.4 Å². The molecule has 0 N–H and O–H groups in total. The molecule has 2 aromatic rings. The number of para-hydroxylation sites is 1. The molecule has 0 aliphatic rings. The summed E-state index contributed by atoms with van der Waals surface area (Å²) in [6.45, 7) is 6.24. The Balaban J connectivity index is 2.65. The maximum absolute atomic E-state index is 6.15. The van der Waals surface area contributed by atoms with E-state index >= 15 is 0 Å². The molecular weight excluding hydrogens is 288 g/mol. The number of methoxy groups -OCH3 is 2. The predicted octanol–water partition coefficient (Wildman–Crippen LogP) is 4.11. The smallest absolute Gasteiger partial charge is 0.171 e. The molecule has 0 bridgehead atoms. The van der Waals surface area contributed by atoms with Crippen molar-refractivity contribution < 1.29 is 9.47 Å². The molecule has 0 radical (unpaired) electrons. The molecule has 1 aromatic carbocycles. The van der Waals surface area contributed by atoms with Crippen molar-refractivity contribution in [2.75, 3.05) is 14.2 Å². The second kappa shape index (κ2) is 5.90. The van der Waals surface area contributed by atoms with Gasteiger partial charge in [0.25, 0.3) is 0 Å². The van der Waals surface area contributed by atoms with Gasteiger partial charge in [-0.3, -0.25) is 0 Å². The molecule has 1 heterocycles. The highest BCUT2D eigenvalue weighted by molar-refractivity contribution is 6.29. The van der Waals surface area contributed by atoms with Crippen LogP contribution in [-0.4, -0.2) is 24.2 Å². The Morgan fingerprint density at radius 3 is 2.33 bits per heavy atom. The fraction of sp³-hybridized carbons (Fsp3) is 0.375. The van der Waals surface area contributed by atoms with Gasteiger partial charge in [0.15, 0.2) is 17.3 Å². The molecule has 0 unspecified atom stereocenters. The zero-order valence-corrected chi connectivity index (χ0v) is 13.7. The number of hydrogen-bond donors (Lipinski definition) is 0. The number of halogens is 1. The lowest BCUT2D eigenvalue weighted by molar-refractivity contribution is 0.356. The van der Waals surface area contributed by atoms with Gasteiger partial charge in [-0.1, -0.05) is 38.4 Å². The van der Waals surface area contributed by atoms with Crippen molar-refractivity contribution >= 4 is 11.6 Å². The van der Waals surface area contributed by atoms with Crippen LogP contribution >= 0.6 is 11.6 Å². The molecule has 112 valence electrons. The van der Waals surface area contributed by atoms with Gasteiger partial charge in [-0.25, -0.2) is 9.97 Å². The molecule has 4 nitrogen and oxygen atoms in total. The summed E-state index contributed by atoms with van der Waals surface area (Å²) in [6, 6.07) is 7.38. The van der Waals surface area contributed by atoms with E-state index in [0.717, 1.165) is 11.3 Å². The zero-order chi connectivity index (χ0) is 15.6. The van der Waals surface area contributed by atoms with Crippen LogP contribution in [0.5, 0.6) is 11.5 Å². The summed E-state index contributed by atoms with van der Waals surface area (Å²) in [4.78, 5) is 8.95. The number of benzene rings is 1.